The van der Waals surface area contributed by atoms with Crippen molar-refractivity contribution < 1.29 is 9.84 Å². The molecule has 0 spiro atoms. The summed E-state index contributed by atoms with van der Waals surface area (Å²) in [5, 5.41) is 8.86. The van der Waals surface area contributed by atoms with Gasteiger partial charge in [0.05, 0.1) is 19.8 Å². The van der Waals surface area contributed by atoms with Crippen LogP contribution in [0.4, 0.5) is 0 Å². The molecule has 1 aromatic carbocycles. The van der Waals surface area contributed by atoms with Crippen LogP contribution in [-0.2, 0) is 0 Å². The monoisotopic (exact) mass is 217 g/mol. The highest BCUT2D eigenvalue weighted by Crippen LogP contribution is 2.21. The Labute approximate surface area is 90.3 Å². The van der Waals surface area contributed by atoms with Crippen molar-refractivity contribution >= 4 is 12.4 Å². The van der Waals surface area contributed by atoms with E-state index in [1.165, 1.54) is 0 Å². The minimum absolute atomic E-state index is 0. The van der Waals surface area contributed by atoms with Gasteiger partial charge in [0.2, 0.25) is 0 Å². The molecular formula is C10H16ClNO2. The summed E-state index contributed by atoms with van der Waals surface area (Å²) in [7, 11) is 1.62. The van der Waals surface area contributed by atoms with E-state index in [1.54, 1.807) is 7.11 Å². The van der Waals surface area contributed by atoms with E-state index in [0.29, 0.717) is 0 Å². The Morgan fingerprint density at radius 1 is 1.50 bits per heavy atom. The van der Waals surface area contributed by atoms with Crippen molar-refractivity contribution in [3.8, 4) is 5.75 Å². The van der Waals surface area contributed by atoms with Gasteiger partial charge in [-0.3, -0.25) is 0 Å². The number of nitrogens with two attached hydrogens (primary N) is 1. The van der Waals surface area contributed by atoms with Gasteiger partial charge in [-0.15, -0.1) is 12.4 Å². The van der Waals surface area contributed by atoms with Crippen LogP contribution in [0.15, 0.2) is 18.2 Å². The Morgan fingerprint density at radius 2 is 2.14 bits per heavy atom. The highest BCUT2D eigenvalue weighted by Gasteiger charge is 2.06. The van der Waals surface area contributed by atoms with Crippen LogP contribution in [0, 0.1) is 6.92 Å². The van der Waals surface area contributed by atoms with Gasteiger partial charge < -0.3 is 15.6 Å². The number of benzene rings is 1. The van der Waals surface area contributed by atoms with Gasteiger partial charge in [0.25, 0.3) is 0 Å². The number of halogens is 1. The maximum Gasteiger partial charge on any atom is 0.122 e. The zero-order valence-electron chi connectivity index (χ0n) is 8.36. The number of ether oxygens (including phenoxy) is 1. The summed E-state index contributed by atoms with van der Waals surface area (Å²) in [5.74, 6) is 0.807. The van der Waals surface area contributed by atoms with Crippen LogP contribution in [0.2, 0.25) is 0 Å². The molecule has 1 rings (SSSR count). The molecule has 14 heavy (non-hydrogen) atoms. The number of hydrogen-bond acceptors (Lipinski definition) is 3. The predicted octanol–water partition coefficient (Wildman–Crippen LogP) is 1.42. The molecule has 0 saturated heterocycles. The van der Waals surface area contributed by atoms with Crippen LogP contribution in [0.25, 0.3) is 0 Å². The Hall–Kier alpha value is -0.770. The molecule has 0 heterocycles. The molecule has 0 unspecified atom stereocenters. The molecule has 0 fully saturated rings. The zero-order valence-corrected chi connectivity index (χ0v) is 9.17. The second-order valence-corrected chi connectivity index (χ2v) is 3.02. The lowest BCUT2D eigenvalue weighted by molar-refractivity contribution is 0.267. The van der Waals surface area contributed by atoms with Crippen molar-refractivity contribution in [2.45, 2.75) is 13.0 Å². The lowest BCUT2D eigenvalue weighted by Crippen LogP contribution is -2.14. The average Bonchev–Trinajstić information content (AvgIpc) is 2.17. The first-order chi connectivity index (χ1) is 6.19. The number of aliphatic hydroxyl groups is 1. The normalized spacial score (nSPS) is 11.7. The van der Waals surface area contributed by atoms with E-state index >= 15 is 0 Å². The fourth-order valence-electron chi connectivity index (χ4n) is 1.17. The Kier molecular flexibility index (Phi) is 5.53. The molecule has 0 aliphatic rings. The average molecular weight is 218 g/mol. The first-order valence-electron chi connectivity index (χ1n) is 4.20. The van der Waals surface area contributed by atoms with Crippen molar-refractivity contribution in [3.63, 3.8) is 0 Å². The number of aryl methyl sites for hydroxylation is 1. The third-order valence-electron chi connectivity index (χ3n) is 2.06. The van der Waals surface area contributed by atoms with Gasteiger partial charge in [0, 0.05) is 0 Å². The van der Waals surface area contributed by atoms with Crippen molar-refractivity contribution in [1.29, 1.82) is 0 Å². The molecule has 0 aliphatic carbocycles. The molecule has 3 N–H and O–H groups in total. The van der Waals surface area contributed by atoms with Crippen LogP contribution in [0.5, 0.6) is 5.75 Å². The molecule has 80 valence electrons. The van der Waals surface area contributed by atoms with E-state index in [4.69, 9.17) is 15.6 Å². The quantitative estimate of drug-likeness (QED) is 0.805. The topological polar surface area (TPSA) is 55.5 Å². The van der Waals surface area contributed by atoms with E-state index in [-0.39, 0.29) is 25.1 Å². The van der Waals surface area contributed by atoms with Crippen molar-refractivity contribution in [3.05, 3.63) is 29.3 Å². The van der Waals surface area contributed by atoms with Crippen molar-refractivity contribution in [2.24, 2.45) is 5.73 Å². The maximum atomic E-state index is 8.86. The van der Waals surface area contributed by atoms with Gasteiger partial charge in [-0.1, -0.05) is 12.1 Å². The highest BCUT2D eigenvalue weighted by molar-refractivity contribution is 5.85. The van der Waals surface area contributed by atoms with E-state index in [1.807, 2.05) is 25.1 Å². The molecule has 0 radical (unpaired) electrons. The standard InChI is InChI=1S/C10H15NO2.ClH/c1-7-3-4-8(9(11)6-12)5-10(7)13-2;/h3-5,9,12H,6,11H2,1-2H3;1H/t9-;/m1./s1. The Morgan fingerprint density at radius 3 is 2.64 bits per heavy atom. The van der Waals surface area contributed by atoms with Crippen LogP contribution in [0.3, 0.4) is 0 Å². The molecule has 0 aromatic heterocycles. The summed E-state index contributed by atoms with van der Waals surface area (Å²) < 4.78 is 5.14. The Bertz CT molecular complexity index is 291. The van der Waals surface area contributed by atoms with Gasteiger partial charge in [0.1, 0.15) is 5.75 Å². The second-order valence-electron chi connectivity index (χ2n) is 3.02. The molecular weight excluding hydrogens is 202 g/mol. The maximum absolute atomic E-state index is 8.86. The van der Waals surface area contributed by atoms with Crippen LogP contribution < -0.4 is 10.5 Å². The largest absolute Gasteiger partial charge is 0.496 e. The Balaban J connectivity index is 0.00000169. The summed E-state index contributed by atoms with van der Waals surface area (Å²) in [6.45, 7) is 1.92. The van der Waals surface area contributed by atoms with Gasteiger partial charge in [-0.05, 0) is 24.1 Å². The molecule has 0 bridgehead atoms. The smallest absolute Gasteiger partial charge is 0.122 e. The number of hydrogen-bond donors (Lipinski definition) is 2. The summed E-state index contributed by atoms with van der Waals surface area (Å²) in [6.07, 6.45) is 0. The van der Waals surface area contributed by atoms with E-state index in [2.05, 4.69) is 0 Å². The van der Waals surface area contributed by atoms with Crippen molar-refractivity contribution in [1.82, 2.24) is 0 Å². The summed E-state index contributed by atoms with van der Waals surface area (Å²) in [6, 6.07) is 5.37. The molecule has 1 atom stereocenters. The van der Waals surface area contributed by atoms with E-state index in [0.717, 1.165) is 16.9 Å². The molecule has 1 aromatic rings. The van der Waals surface area contributed by atoms with Gasteiger partial charge in [-0.25, -0.2) is 0 Å². The lowest BCUT2D eigenvalue weighted by Gasteiger charge is -2.11. The lowest BCUT2D eigenvalue weighted by atomic mass is 10.1. The van der Waals surface area contributed by atoms with E-state index < -0.39 is 0 Å². The molecule has 4 heteroatoms. The summed E-state index contributed by atoms with van der Waals surface area (Å²) >= 11 is 0. The zero-order chi connectivity index (χ0) is 9.84. The third-order valence-corrected chi connectivity index (χ3v) is 2.06. The van der Waals surface area contributed by atoms with Crippen LogP contribution in [-0.4, -0.2) is 18.8 Å². The SMILES string of the molecule is COc1cc([C@H](N)CO)ccc1C.Cl. The predicted molar refractivity (Wildman–Crippen MR) is 59.0 cm³/mol. The highest BCUT2D eigenvalue weighted by atomic mass is 35.5. The summed E-state index contributed by atoms with van der Waals surface area (Å²) in [4.78, 5) is 0. The van der Waals surface area contributed by atoms with Gasteiger partial charge in [0.15, 0.2) is 0 Å². The number of rotatable bonds is 3. The third kappa shape index (κ3) is 2.87. The molecule has 0 aliphatic heterocycles. The van der Waals surface area contributed by atoms with Gasteiger partial charge >= 0.3 is 0 Å². The summed E-state index contributed by atoms with van der Waals surface area (Å²) in [5.41, 5.74) is 7.62. The fourth-order valence-corrected chi connectivity index (χ4v) is 1.17. The molecule has 3 nitrogen and oxygen atoms in total. The molecule has 0 amide bonds. The first-order valence-corrected chi connectivity index (χ1v) is 4.20. The first kappa shape index (κ1) is 13.2. The van der Waals surface area contributed by atoms with Crippen molar-refractivity contribution in [2.75, 3.05) is 13.7 Å². The van der Waals surface area contributed by atoms with E-state index in [9.17, 15) is 0 Å². The number of aliphatic hydroxyl groups excluding tert-OH is 1. The second kappa shape index (κ2) is 5.86. The van der Waals surface area contributed by atoms with Gasteiger partial charge in [-0.2, -0.15) is 0 Å². The molecule has 0 saturated carbocycles. The minimum atomic E-state index is -0.325. The number of methoxy groups -OCH3 is 1. The fraction of sp³-hybridized carbons (Fsp3) is 0.400. The van der Waals surface area contributed by atoms with Crippen LogP contribution >= 0.6 is 12.4 Å². The minimum Gasteiger partial charge on any atom is -0.496 e. The van der Waals surface area contributed by atoms with Crippen LogP contribution in [0.1, 0.15) is 17.2 Å².